The number of likely N-dealkylation sites (N-methyl/N-ethyl adjacent to an activating group) is 1. The first-order valence-corrected chi connectivity index (χ1v) is 8.02. The molecule has 122 valence electrons. The molecule has 0 fully saturated rings. The van der Waals surface area contributed by atoms with E-state index in [0.29, 0.717) is 24.7 Å². The Morgan fingerprint density at radius 3 is 2.91 bits per heavy atom. The van der Waals surface area contributed by atoms with E-state index in [2.05, 4.69) is 12.2 Å². The van der Waals surface area contributed by atoms with Crippen LogP contribution in [0.2, 0.25) is 5.02 Å². The molecule has 0 aromatic heterocycles. The van der Waals surface area contributed by atoms with Crippen LogP contribution in [0.5, 0.6) is 5.75 Å². The lowest BCUT2D eigenvalue weighted by atomic mass is 10.1. The monoisotopic (exact) mass is 327 g/mol. The SMILES string of the molecule is CC[NH+](CC(=O)NC(C)C)Cc1cc(Cl)cc2c1OCOC2. The highest BCUT2D eigenvalue weighted by atomic mass is 35.5. The summed E-state index contributed by atoms with van der Waals surface area (Å²) in [4.78, 5) is 13.1. The molecular weight excluding hydrogens is 304 g/mol. The third kappa shape index (κ3) is 4.60. The number of nitrogens with one attached hydrogen (secondary N) is 2. The molecule has 0 radical (unpaired) electrons. The molecule has 0 bridgehead atoms. The summed E-state index contributed by atoms with van der Waals surface area (Å²) in [6, 6.07) is 3.95. The average Bonchev–Trinajstić information content (AvgIpc) is 2.45. The first kappa shape index (κ1) is 17.1. The van der Waals surface area contributed by atoms with Gasteiger partial charge in [-0.25, -0.2) is 0 Å². The Bertz CT molecular complexity index is 534. The molecule has 0 spiro atoms. The van der Waals surface area contributed by atoms with Crippen LogP contribution in [0.25, 0.3) is 0 Å². The van der Waals surface area contributed by atoms with E-state index in [1.807, 2.05) is 26.0 Å². The second-order valence-electron chi connectivity index (χ2n) is 5.84. The highest BCUT2D eigenvalue weighted by molar-refractivity contribution is 6.30. The van der Waals surface area contributed by atoms with Gasteiger partial charge in [0.1, 0.15) is 12.3 Å². The summed E-state index contributed by atoms with van der Waals surface area (Å²) in [7, 11) is 0. The number of carbonyl (C=O) groups excluding carboxylic acids is 1. The number of carbonyl (C=O) groups is 1. The predicted molar refractivity (Wildman–Crippen MR) is 85.1 cm³/mol. The topological polar surface area (TPSA) is 52.0 Å². The fourth-order valence-corrected chi connectivity index (χ4v) is 2.83. The Hall–Kier alpha value is -1.30. The lowest BCUT2D eigenvalue weighted by Crippen LogP contribution is -3.11. The number of amides is 1. The smallest absolute Gasteiger partial charge is 0.275 e. The number of ether oxygens (including phenoxy) is 2. The van der Waals surface area contributed by atoms with Gasteiger partial charge in [0.25, 0.3) is 5.91 Å². The summed E-state index contributed by atoms with van der Waals surface area (Å²) in [6.07, 6.45) is 0. The Morgan fingerprint density at radius 2 is 2.23 bits per heavy atom. The summed E-state index contributed by atoms with van der Waals surface area (Å²) < 4.78 is 10.9. The van der Waals surface area contributed by atoms with Crippen LogP contribution in [0.1, 0.15) is 31.9 Å². The van der Waals surface area contributed by atoms with Crippen molar-refractivity contribution in [3.8, 4) is 5.75 Å². The molecule has 2 rings (SSSR count). The standard InChI is InChI=1S/C16H23ClN2O3/c1-4-19(8-15(20)18-11(2)3)7-12-5-14(17)6-13-9-21-10-22-16(12)13/h5-6,11H,4,7-10H2,1-3H3,(H,18,20)/p+1. The average molecular weight is 328 g/mol. The molecule has 6 heteroatoms. The van der Waals surface area contributed by atoms with Gasteiger partial charge in [-0.05, 0) is 32.9 Å². The van der Waals surface area contributed by atoms with Crippen molar-refractivity contribution in [2.24, 2.45) is 0 Å². The molecule has 1 aromatic rings. The minimum absolute atomic E-state index is 0.0620. The van der Waals surface area contributed by atoms with Gasteiger partial charge in [0.15, 0.2) is 13.3 Å². The van der Waals surface area contributed by atoms with Crippen molar-refractivity contribution in [3.05, 3.63) is 28.3 Å². The second kappa shape index (κ2) is 7.81. The lowest BCUT2D eigenvalue weighted by Gasteiger charge is -2.23. The Kier molecular flexibility index (Phi) is 6.06. The highest BCUT2D eigenvalue weighted by Gasteiger charge is 2.21. The summed E-state index contributed by atoms with van der Waals surface area (Å²) >= 11 is 6.18. The van der Waals surface area contributed by atoms with E-state index in [1.165, 1.54) is 0 Å². The van der Waals surface area contributed by atoms with Gasteiger partial charge in [0.05, 0.1) is 18.7 Å². The Labute approximate surface area is 136 Å². The quantitative estimate of drug-likeness (QED) is 0.824. The largest absolute Gasteiger partial charge is 0.467 e. The normalized spacial score (nSPS) is 15.1. The fourth-order valence-electron chi connectivity index (χ4n) is 2.57. The van der Waals surface area contributed by atoms with Crippen LogP contribution >= 0.6 is 11.6 Å². The van der Waals surface area contributed by atoms with Crippen LogP contribution in [0, 0.1) is 0 Å². The van der Waals surface area contributed by atoms with Gasteiger partial charge in [-0.2, -0.15) is 0 Å². The lowest BCUT2D eigenvalue weighted by molar-refractivity contribution is -0.904. The highest BCUT2D eigenvalue weighted by Crippen LogP contribution is 2.31. The number of rotatable bonds is 6. The Morgan fingerprint density at radius 1 is 1.45 bits per heavy atom. The third-order valence-corrected chi connectivity index (χ3v) is 3.77. The van der Waals surface area contributed by atoms with Gasteiger partial charge >= 0.3 is 0 Å². The van der Waals surface area contributed by atoms with Crippen molar-refractivity contribution in [2.75, 3.05) is 19.9 Å². The summed E-state index contributed by atoms with van der Waals surface area (Å²) in [5.74, 6) is 0.915. The predicted octanol–water partition coefficient (Wildman–Crippen LogP) is 1.14. The van der Waals surface area contributed by atoms with Gasteiger partial charge in [-0.3, -0.25) is 4.79 Å². The van der Waals surface area contributed by atoms with Crippen molar-refractivity contribution >= 4 is 17.5 Å². The zero-order valence-corrected chi connectivity index (χ0v) is 14.1. The maximum Gasteiger partial charge on any atom is 0.275 e. The minimum atomic E-state index is 0.0620. The van der Waals surface area contributed by atoms with Crippen LogP contribution in [0.3, 0.4) is 0 Å². The molecule has 1 heterocycles. The van der Waals surface area contributed by atoms with Crippen LogP contribution in [0.15, 0.2) is 12.1 Å². The molecule has 1 aliphatic heterocycles. The molecule has 0 saturated heterocycles. The zero-order chi connectivity index (χ0) is 16.1. The van der Waals surface area contributed by atoms with E-state index in [0.717, 1.165) is 28.3 Å². The van der Waals surface area contributed by atoms with Gasteiger partial charge in [-0.15, -0.1) is 0 Å². The third-order valence-electron chi connectivity index (χ3n) is 3.55. The van der Waals surface area contributed by atoms with Crippen LogP contribution in [-0.2, 0) is 22.7 Å². The van der Waals surface area contributed by atoms with E-state index in [4.69, 9.17) is 21.1 Å². The van der Waals surface area contributed by atoms with Crippen molar-refractivity contribution in [3.63, 3.8) is 0 Å². The number of hydrogen-bond acceptors (Lipinski definition) is 3. The van der Waals surface area contributed by atoms with Crippen molar-refractivity contribution in [2.45, 2.75) is 40.0 Å². The summed E-state index contributed by atoms with van der Waals surface area (Å²) in [5.41, 5.74) is 2.00. The minimum Gasteiger partial charge on any atom is -0.467 e. The van der Waals surface area contributed by atoms with Gasteiger partial charge in [0, 0.05) is 16.6 Å². The number of benzene rings is 1. The zero-order valence-electron chi connectivity index (χ0n) is 13.4. The van der Waals surface area contributed by atoms with Gasteiger partial charge < -0.3 is 19.7 Å². The van der Waals surface area contributed by atoms with E-state index in [1.54, 1.807) is 0 Å². The fraction of sp³-hybridized carbons (Fsp3) is 0.562. The maximum atomic E-state index is 12.0. The number of quaternary nitrogens is 1. The van der Waals surface area contributed by atoms with E-state index in [-0.39, 0.29) is 18.7 Å². The molecular formula is C16H24ClN2O3+. The first-order valence-electron chi connectivity index (χ1n) is 7.64. The Balaban J connectivity index is 2.10. The molecule has 1 aromatic carbocycles. The van der Waals surface area contributed by atoms with Crippen LogP contribution < -0.4 is 15.0 Å². The summed E-state index contributed by atoms with van der Waals surface area (Å²) in [5, 5.41) is 3.60. The molecule has 0 saturated carbocycles. The molecule has 1 aliphatic rings. The number of fused-ring (bicyclic) bond motifs is 1. The molecule has 5 nitrogen and oxygen atoms in total. The summed E-state index contributed by atoms with van der Waals surface area (Å²) in [6.45, 7) is 8.75. The van der Waals surface area contributed by atoms with Crippen LogP contribution in [-0.4, -0.2) is 31.8 Å². The first-order chi connectivity index (χ1) is 10.5. The maximum absolute atomic E-state index is 12.0. The number of hydrogen-bond donors (Lipinski definition) is 2. The van der Waals surface area contributed by atoms with Crippen molar-refractivity contribution in [1.82, 2.24) is 5.32 Å². The van der Waals surface area contributed by atoms with Crippen molar-refractivity contribution < 1.29 is 19.2 Å². The van der Waals surface area contributed by atoms with E-state index >= 15 is 0 Å². The van der Waals surface area contributed by atoms with Gasteiger partial charge in [0.2, 0.25) is 0 Å². The molecule has 22 heavy (non-hydrogen) atoms. The second-order valence-corrected chi connectivity index (χ2v) is 6.28. The molecule has 1 unspecified atom stereocenters. The van der Waals surface area contributed by atoms with Crippen LogP contribution in [0.4, 0.5) is 0 Å². The van der Waals surface area contributed by atoms with Gasteiger partial charge in [-0.1, -0.05) is 11.6 Å². The van der Waals surface area contributed by atoms with E-state index in [9.17, 15) is 4.79 Å². The number of halogens is 1. The van der Waals surface area contributed by atoms with E-state index < -0.39 is 0 Å². The molecule has 0 aliphatic carbocycles. The molecule has 1 amide bonds. The van der Waals surface area contributed by atoms with Crippen molar-refractivity contribution in [1.29, 1.82) is 0 Å². The molecule has 1 atom stereocenters. The molecule has 2 N–H and O–H groups in total.